The Kier molecular flexibility index (Phi) is 3.84. The summed E-state index contributed by atoms with van der Waals surface area (Å²) in [6, 6.07) is 7.52. The molecule has 1 aromatic carbocycles. The van der Waals surface area contributed by atoms with E-state index in [-0.39, 0.29) is 10.0 Å². The van der Waals surface area contributed by atoms with Crippen molar-refractivity contribution in [2.75, 3.05) is 7.11 Å². The number of halogens is 1. The molecular formula is C12H10ClNO3S. The predicted octanol–water partition coefficient (Wildman–Crippen LogP) is 3.68. The molecule has 1 aromatic heterocycles. The van der Waals surface area contributed by atoms with Crippen LogP contribution >= 0.6 is 22.9 Å². The minimum atomic E-state index is -0.517. The van der Waals surface area contributed by atoms with E-state index in [1.54, 1.807) is 0 Å². The first-order valence-corrected chi connectivity index (χ1v) is 6.29. The van der Waals surface area contributed by atoms with Crippen LogP contribution in [0.25, 0.3) is 0 Å². The molecule has 0 N–H and O–H groups in total. The molecule has 2 aromatic rings. The Morgan fingerprint density at radius 1 is 1.39 bits per heavy atom. The van der Waals surface area contributed by atoms with Crippen molar-refractivity contribution >= 4 is 28.9 Å². The van der Waals surface area contributed by atoms with Gasteiger partial charge in [0.1, 0.15) is 5.75 Å². The summed E-state index contributed by atoms with van der Waals surface area (Å²) in [6.45, 7) is 1.92. The van der Waals surface area contributed by atoms with Gasteiger partial charge < -0.3 is 9.47 Å². The molecule has 0 unspecified atom stereocenters. The zero-order chi connectivity index (χ0) is 13.1. The van der Waals surface area contributed by atoms with Crippen molar-refractivity contribution < 1.29 is 14.3 Å². The highest BCUT2D eigenvalue weighted by Crippen LogP contribution is 2.33. The Hall–Kier alpha value is -1.59. The van der Waals surface area contributed by atoms with Gasteiger partial charge in [0, 0.05) is 0 Å². The van der Waals surface area contributed by atoms with E-state index in [4.69, 9.17) is 16.3 Å². The zero-order valence-corrected chi connectivity index (χ0v) is 11.3. The number of aromatic nitrogens is 1. The Bertz CT molecular complexity index is 582. The number of thiazole rings is 1. The van der Waals surface area contributed by atoms with E-state index in [1.165, 1.54) is 7.11 Å². The molecule has 0 saturated carbocycles. The lowest BCUT2D eigenvalue weighted by atomic mass is 10.2. The van der Waals surface area contributed by atoms with Gasteiger partial charge in [-0.3, -0.25) is 0 Å². The van der Waals surface area contributed by atoms with Crippen molar-refractivity contribution in [2.24, 2.45) is 0 Å². The van der Waals surface area contributed by atoms with Crippen molar-refractivity contribution in [1.29, 1.82) is 0 Å². The van der Waals surface area contributed by atoms with E-state index in [0.717, 1.165) is 16.9 Å². The lowest BCUT2D eigenvalue weighted by Gasteiger charge is -2.03. The summed E-state index contributed by atoms with van der Waals surface area (Å²) in [4.78, 5) is 15.6. The minimum absolute atomic E-state index is 0.0930. The van der Waals surface area contributed by atoms with Crippen LogP contribution in [0.2, 0.25) is 5.15 Å². The highest BCUT2D eigenvalue weighted by molar-refractivity contribution is 7.15. The van der Waals surface area contributed by atoms with Crippen LogP contribution in [0.3, 0.4) is 0 Å². The first kappa shape index (κ1) is 12.9. The van der Waals surface area contributed by atoms with E-state index in [0.29, 0.717) is 10.9 Å². The van der Waals surface area contributed by atoms with Crippen LogP contribution in [-0.4, -0.2) is 18.1 Å². The Labute approximate surface area is 113 Å². The molecule has 0 amide bonds. The third kappa shape index (κ3) is 2.63. The number of carbonyl (C=O) groups excluding carboxylic acids is 1. The molecular weight excluding hydrogens is 274 g/mol. The van der Waals surface area contributed by atoms with Crippen LogP contribution in [0.15, 0.2) is 24.3 Å². The number of rotatable bonds is 3. The van der Waals surface area contributed by atoms with Gasteiger partial charge in [-0.05, 0) is 18.6 Å². The lowest BCUT2D eigenvalue weighted by molar-refractivity contribution is 0.0606. The number of ether oxygens (including phenoxy) is 2. The molecule has 0 bridgehead atoms. The van der Waals surface area contributed by atoms with Crippen molar-refractivity contribution in [3.63, 3.8) is 0 Å². The van der Waals surface area contributed by atoms with E-state index in [9.17, 15) is 4.79 Å². The number of hydrogen-bond donors (Lipinski definition) is 0. The standard InChI is InChI=1S/C12H10ClNO3S/c1-7-5-3-4-6-8(7)17-12-14-10(13)9(18-12)11(15)16-2/h3-6H,1-2H3. The molecule has 0 aliphatic rings. The fourth-order valence-electron chi connectivity index (χ4n) is 1.31. The molecule has 0 atom stereocenters. The Morgan fingerprint density at radius 2 is 2.11 bits per heavy atom. The highest BCUT2D eigenvalue weighted by atomic mass is 35.5. The van der Waals surface area contributed by atoms with Gasteiger partial charge in [-0.1, -0.05) is 41.1 Å². The summed E-state index contributed by atoms with van der Waals surface area (Å²) in [7, 11) is 1.29. The van der Waals surface area contributed by atoms with Crippen molar-refractivity contribution in [3.05, 3.63) is 39.9 Å². The molecule has 6 heteroatoms. The van der Waals surface area contributed by atoms with E-state index < -0.39 is 5.97 Å². The maximum Gasteiger partial charge on any atom is 0.351 e. The number of methoxy groups -OCH3 is 1. The molecule has 0 spiro atoms. The summed E-state index contributed by atoms with van der Waals surface area (Å²) < 4.78 is 10.2. The van der Waals surface area contributed by atoms with Gasteiger partial charge in [0.25, 0.3) is 5.19 Å². The van der Waals surface area contributed by atoms with Crippen LogP contribution in [0, 0.1) is 6.92 Å². The maximum atomic E-state index is 11.4. The fraction of sp³-hybridized carbons (Fsp3) is 0.167. The third-order valence-corrected chi connectivity index (χ3v) is 3.53. The number of esters is 1. The summed E-state index contributed by atoms with van der Waals surface area (Å²) in [5.74, 6) is 0.163. The summed E-state index contributed by atoms with van der Waals surface area (Å²) in [5, 5.41) is 0.408. The quantitative estimate of drug-likeness (QED) is 0.806. The second kappa shape index (κ2) is 5.37. The molecule has 4 nitrogen and oxygen atoms in total. The number of carbonyl (C=O) groups is 1. The minimum Gasteiger partial charge on any atom is -0.465 e. The Balaban J connectivity index is 2.26. The molecule has 1 heterocycles. The van der Waals surface area contributed by atoms with Crippen molar-refractivity contribution in [3.8, 4) is 10.9 Å². The summed E-state index contributed by atoms with van der Waals surface area (Å²) in [6.07, 6.45) is 0. The van der Waals surface area contributed by atoms with Crippen LogP contribution in [0.5, 0.6) is 10.9 Å². The zero-order valence-electron chi connectivity index (χ0n) is 9.77. The van der Waals surface area contributed by atoms with Gasteiger partial charge in [-0.15, -0.1) is 0 Å². The van der Waals surface area contributed by atoms with Gasteiger partial charge in [-0.25, -0.2) is 4.79 Å². The smallest absolute Gasteiger partial charge is 0.351 e. The van der Waals surface area contributed by atoms with E-state index in [2.05, 4.69) is 9.72 Å². The normalized spacial score (nSPS) is 10.2. The lowest BCUT2D eigenvalue weighted by Crippen LogP contribution is -1.98. The Morgan fingerprint density at radius 3 is 2.78 bits per heavy atom. The molecule has 0 fully saturated rings. The molecule has 0 aliphatic heterocycles. The number of hydrogen-bond acceptors (Lipinski definition) is 5. The highest BCUT2D eigenvalue weighted by Gasteiger charge is 2.18. The number of aryl methyl sites for hydroxylation is 1. The molecule has 94 valence electrons. The molecule has 18 heavy (non-hydrogen) atoms. The number of nitrogens with zero attached hydrogens (tertiary/aromatic N) is 1. The second-order valence-corrected chi connectivity index (χ2v) is 4.78. The fourth-order valence-corrected chi connectivity index (χ4v) is 2.37. The van der Waals surface area contributed by atoms with Gasteiger partial charge in [0.05, 0.1) is 7.11 Å². The van der Waals surface area contributed by atoms with Crippen LogP contribution in [-0.2, 0) is 4.74 Å². The van der Waals surface area contributed by atoms with Crippen LogP contribution < -0.4 is 4.74 Å². The topological polar surface area (TPSA) is 48.4 Å². The van der Waals surface area contributed by atoms with Gasteiger partial charge >= 0.3 is 5.97 Å². The van der Waals surface area contributed by atoms with Gasteiger partial charge in [0.15, 0.2) is 10.0 Å². The number of para-hydroxylation sites is 1. The van der Waals surface area contributed by atoms with E-state index >= 15 is 0 Å². The van der Waals surface area contributed by atoms with Crippen molar-refractivity contribution in [1.82, 2.24) is 4.98 Å². The number of benzene rings is 1. The molecule has 0 radical (unpaired) electrons. The molecule has 0 saturated heterocycles. The summed E-state index contributed by atoms with van der Waals surface area (Å²) in [5.41, 5.74) is 0.975. The largest absolute Gasteiger partial charge is 0.465 e. The molecule has 2 rings (SSSR count). The van der Waals surface area contributed by atoms with Crippen LogP contribution in [0.1, 0.15) is 15.2 Å². The SMILES string of the molecule is COC(=O)c1sc(Oc2ccccc2C)nc1Cl. The average molecular weight is 284 g/mol. The van der Waals surface area contributed by atoms with E-state index in [1.807, 2.05) is 31.2 Å². The van der Waals surface area contributed by atoms with Crippen LogP contribution in [0.4, 0.5) is 0 Å². The first-order valence-electron chi connectivity index (χ1n) is 5.10. The summed E-state index contributed by atoms with van der Waals surface area (Å²) >= 11 is 6.90. The average Bonchev–Trinajstić information content (AvgIpc) is 2.72. The monoisotopic (exact) mass is 283 g/mol. The van der Waals surface area contributed by atoms with Gasteiger partial charge in [-0.2, -0.15) is 4.98 Å². The maximum absolute atomic E-state index is 11.4. The van der Waals surface area contributed by atoms with Crippen molar-refractivity contribution in [2.45, 2.75) is 6.92 Å². The third-order valence-electron chi connectivity index (χ3n) is 2.23. The predicted molar refractivity (Wildman–Crippen MR) is 69.7 cm³/mol. The van der Waals surface area contributed by atoms with Gasteiger partial charge in [0.2, 0.25) is 0 Å². The second-order valence-electron chi connectivity index (χ2n) is 3.46. The first-order chi connectivity index (χ1) is 8.61. The molecule has 0 aliphatic carbocycles.